The number of carbonyl (C=O) groups is 1. The lowest BCUT2D eigenvalue weighted by atomic mass is 10.2. The summed E-state index contributed by atoms with van der Waals surface area (Å²) in [6.07, 6.45) is 1.90. The van der Waals surface area contributed by atoms with Crippen LogP contribution in [0, 0.1) is 6.92 Å². The molecule has 0 saturated carbocycles. The summed E-state index contributed by atoms with van der Waals surface area (Å²) in [4.78, 5) is 22.0. The van der Waals surface area contributed by atoms with E-state index in [4.69, 9.17) is 4.74 Å². The van der Waals surface area contributed by atoms with Gasteiger partial charge in [0.25, 0.3) is 5.91 Å². The van der Waals surface area contributed by atoms with Gasteiger partial charge in [0, 0.05) is 31.9 Å². The number of anilines is 1. The van der Waals surface area contributed by atoms with Crippen molar-refractivity contribution in [3.05, 3.63) is 64.6 Å². The molecule has 0 unspecified atom stereocenters. The van der Waals surface area contributed by atoms with Crippen molar-refractivity contribution in [1.82, 2.24) is 4.90 Å². The number of hydrogen-bond donors (Lipinski definition) is 0. The molecule has 0 aromatic heterocycles. The number of nitrogens with zero attached hydrogens (tertiary/aromatic N) is 3. The van der Waals surface area contributed by atoms with Crippen LogP contribution in [-0.2, 0) is 4.79 Å². The van der Waals surface area contributed by atoms with Crippen LogP contribution in [0.5, 0.6) is 5.75 Å². The van der Waals surface area contributed by atoms with Gasteiger partial charge >= 0.3 is 0 Å². The SMILES string of the molecule is CCOc1ccc(/C=C2\SC(N3CCN(c4ccc(C)cc4)CC3)=NC2=O)cc1. The van der Waals surface area contributed by atoms with E-state index in [9.17, 15) is 4.79 Å². The fourth-order valence-corrected chi connectivity index (χ4v) is 4.39. The van der Waals surface area contributed by atoms with Crippen molar-refractivity contribution >= 4 is 34.6 Å². The van der Waals surface area contributed by atoms with Crippen LogP contribution < -0.4 is 9.64 Å². The molecule has 0 N–H and O–H groups in total. The number of ether oxygens (including phenoxy) is 1. The van der Waals surface area contributed by atoms with E-state index >= 15 is 0 Å². The smallest absolute Gasteiger partial charge is 0.286 e. The van der Waals surface area contributed by atoms with Gasteiger partial charge in [0.05, 0.1) is 11.5 Å². The molecule has 2 heterocycles. The highest BCUT2D eigenvalue weighted by molar-refractivity contribution is 8.18. The van der Waals surface area contributed by atoms with Crippen LogP contribution in [0.4, 0.5) is 5.69 Å². The maximum atomic E-state index is 12.4. The maximum Gasteiger partial charge on any atom is 0.286 e. The number of amidine groups is 1. The number of thioether (sulfide) groups is 1. The van der Waals surface area contributed by atoms with E-state index in [1.54, 1.807) is 0 Å². The molecular formula is C23H25N3O2S. The van der Waals surface area contributed by atoms with Crippen molar-refractivity contribution in [2.45, 2.75) is 13.8 Å². The quantitative estimate of drug-likeness (QED) is 0.712. The number of benzene rings is 2. The lowest BCUT2D eigenvalue weighted by molar-refractivity contribution is -0.113. The first-order chi connectivity index (χ1) is 14.1. The molecule has 6 heteroatoms. The topological polar surface area (TPSA) is 45.1 Å². The van der Waals surface area contributed by atoms with E-state index in [0.29, 0.717) is 11.5 Å². The molecule has 5 nitrogen and oxygen atoms in total. The molecule has 0 aliphatic carbocycles. The Hall–Kier alpha value is -2.73. The first-order valence-electron chi connectivity index (χ1n) is 9.94. The van der Waals surface area contributed by atoms with Crippen LogP contribution in [0.25, 0.3) is 6.08 Å². The predicted octanol–water partition coefficient (Wildman–Crippen LogP) is 4.19. The number of rotatable bonds is 4. The molecule has 0 atom stereocenters. The average Bonchev–Trinajstić information content (AvgIpc) is 3.11. The maximum absolute atomic E-state index is 12.4. The van der Waals surface area contributed by atoms with Crippen LogP contribution in [0.15, 0.2) is 58.4 Å². The van der Waals surface area contributed by atoms with Gasteiger partial charge < -0.3 is 14.5 Å². The van der Waals surface area contributed by atoms with Crippen LogP contribution >= 0.6 is 11.8 Å². The van der Waals surface area contributed by atoms with E-state index < -0.39 is 0 Å². The Kier molecular flexibility index (Phi) is 5.90. The second-order valence-electron chi connectivity index (χ2n) is 7.12. The summed E-state index contributed by atoms with van der Waals surface area (Å²) in [5.41, 5.74) is 3.50. The summed E-state index contributed by atoms with van der Waals surface area (Å²) in [6.45, 7) is 8.29. The minimum atomic E-state index is -0.153. The van der Waals surface area contributed by atoms with Gasteiger partial charge in [-0.1, -0.05) is 29.8 Å². The van der Waals surface area contributed by atoms with E-state index in [0.717, 1.165) is 42.7 Å². The number of amides is 1. The van der Waals surface area contributed by atoms with Gasteiger partial charge in [-0.15, -0.1) is 0 Å². The summed E-state index contributed by atoms with van der Waals surface area (Å²) in [7, 11) is 0. The van der Waals surface area contributed by atoms with Gasteiger partial charge in [-0.25, -0.2) is 0 Å². The minimum absolute atomic E-state index is 0.153. The molecule has 1 fully saturated rings. The van der Waals surface area contributed by atoms with Crippen LogP contribution in [0.1, 0.15) is 18.1 Å². The molecule has 0 spiro atoms. The third-order valence-electron chi connectivity index (χ3n) is 5.05. The summed E-state index contributed by atoms with van der Waals surface area (Å²) in [6, 6.07) is 16.4. The first-order valence-corrected chi connectivity index (χ1v) is 10.8. The van der Waals surface area contributed by atoms with E-state index in [-0.39, 0.29) is 5.91 Å². The monoisotopic (exact) mass is 407 g/mol. The Morgan fingerprint density at radius 2 is 1.66 bits per heavy atom. The Balaban J connectivity index is 1.36. The van der Waals surface area contributed by atoms with Gasteiger partial charge in [-0.2, -0.15) is 4.99 Å². The molecule has 4 rings (SSSR count). The van der Waals surface area contributed by atoms with Crippen molar-refractivity contribution < 1.29 is 9.53 Å². The van der Waals surface area contributed by atoms with E-state index in [1.807, 2.05) is 37.3 Å². The molecule has 150 valence electrons. The first kappa shape index (κ1) is 19.6. The van der Waals surface area contributed by atoms with Gasteiger partial charge in [0.1, 0.15) is 5.75 Å². The number of carbonyl (C=O) groups excluding carboxylic acids is 1. The number of aliphatic imine (C=N–C) groups is 1. The molecular weight excluding hydrogens is 382 g/mol. The summed E-state index contributed by atoms with van der Waals surface area (Å²) < 4.78 is 5.47. The molecule has 0 bridgehead atoms. The number of aryl methyl sites for hydroxylation is 1. The molecule has 2 aromatic carbocycles. The largest absolute Gasteiger partial charge is 0.494 e. The lowest BCUT2D eigenvalue weighted by Gasteiger charge is -2.36. The Morgan fingerprint density at radius 3 is 2.31 bits per heavy atom. The summed E-state index contributed by atoms with van der Waals surface area (Å²) >= 11 is 1.47. The molecule has 2 aliphatic heterocycles. The second kappa shape index (κ2) is 8.74. The minimum Gasteiger partial charge on any atom is -0.494 e. The van der Waals surface area contributed by atoms with Crippen molar-refractivity contribution in [3.63, 3.8) is 0 Å². The molecule has 2 aliphatic rings. The van der Waals surface area contributed by atoms with Crippen molar-refractivity contribution in [2.75, 3.05) is 37.7 Å². The predicted molar refractivity (Wildman–Crippen MR) is 121 cm³/mol. The Bertz CT molecular complexity index is 928. The van der Waals surface area contributed by atoms with Crippen LogP contribution in [0.2, 0.25) is 0 Å². The van der Waals surface area contributed by atoms with Gasteiger partial charge in [0.15, 0.2) is 5.17 Å². The third kappa shape index (κ3) is 4.65. The number of piperazine rings is 1. The lowest BCUT2D eigenvalue weighted by Crippen LogP contribution is -2.47. The fraction of sp³-hybridized carbons (Fsp3) is 0.304. The zero-order valence-electron chi connectivity index (χ0n) is 16.8. The molecule has 1 amide bonds. The average molecular weight is 408 g/mol. The summed E-state index contributed by atoms with van der Waals surface area (Å²) in [5, 5.41) is 0.816. The van der Waals surface area contributed by atoms with Gasteiger partial charge in [-0.3, -0.25) is 4.79 Å². The van der Waals surface area contributed by atoms with E-state index in [2.05, 4.69) is 46.0 Å². The van der Waals surface area contributed by atoms with Crippen molar-refractivity contribution in [2.24, 2.45) is 4.99 Å². The van der Waals surface area contributed by atoms with E-state index in [1.165, 1.54) is 23.0 Å². The fourth-order valence-electron chi connectivity index (χ4n) is 3.42. The third-order valence-corrected chi connectivity index (χ3v) is 6.09. The zero-order valence-corrected chi connectivity index (χ0v) is 17.6. The molecule has 29 heavy (non-hydrogen) atoms. The normalized spacial score (nSPS) is 18.3. The molecule has 1 saturated heterocycles. The number of hydrogen-bond acceptors (Lipinski definition) is 5. The highest BCUT2D eigenvalue weighted by Crippen LogP contribution is 2.31. The van der Waals surface area contributed by atoms with Crippen molar-refractivity contribution in [3.8, 4) is 5.75 Å². The molecule has 0 radical (unpaired) electrons. The van der Waals surface area contributed by atoms with Gasteiger partial charge in [0.2, 0.25) is 0 Å². The highest BCUT2D eigenvalue weighted by atomic mass is 32.2. The Labute approximate surface area is 176 Å². The van der Waals surface area contributed by atoms with Gasteiger partial charge in [-0.05, 0) is 61.5 Å². The molecule has 2 aromatic rings. The van der Waals surface area contributed by atoms with Crippen LogP contribution in [0.3, 0.4) is 0 Å². The zero-order chi connectivity index (χ0) is 20.2. The summed E-state index contributed by atoms with van der Waals surface area (Å²) in [5.74, 6) is 0.684. The highest BCUT2D eigenvalue weighted by Gasteiger charge is 2.28. The van der Waals surface area contributed by atoms with Crippen molar-refractivity contribution in [1.29, 1.82) is 0 Å². The second-order valence-corrected chi connectivity index (χ2v) is 8.13. The van der Waals surface area contributed by atoms with Crippen LogP contribution in [-0.4, -0.2) is 48.8 Å². The standard InChI is InChI=1S/C23H25N3O2S/c1-3-28-20-10-6-18(7-11-20)16-21-22(27)24-23(29-21)26-14-12-25(13-15-26)19-8-4-17(2)5-9-19/h4-11,16H,3,12-15H2,1-2H3/b21-16-. The Morgan fingerprint density at radius 1 is 1.00 bits per heavy atom.